The summed E-state index contributed by atoms with van der Waals surface area (Å²) in [6, 6.07) is 3.34. The van der Waals surface area contributed by atoms with Crippen LogP contribution in [0.15, 0.2) is 21.9 Å². The van der Waals surface area contributed by atoms with Crippen molar-refractivity contribution in [3.05, 3.63) is 34.7 Å². The van der Waals surface area contributed by atoms with Crippen molar-refractivity contribution in [1.82, 2.24) is 4.98 Å². The van der Waals surface area contributed by atoms with Gasteiger partial charge in [0.05, 0.1) is 0 Å². The number of carbonyl (C=O) groups is 2. The summed E-state index contributed by atoms with van der Waals surface area (Å²) >= 11 is 1.13. The van der Waals surface area contributed by atoms with Crippen LogP contribution in [-0.2, 0) is 6.42 Å². The molecule has 2 aromatic rings. The van der Waals surface area contributed by atoms with Crippen LogP contribution in [0.3, 0.4) is 0 Å². The average molecular weight is 265 g/mol. The van der Waals surface area contributed by atoms with Gasteiger partial charge in [0.15, 0.2) is 10.9 Å². The zero-order chi connectivity index (χ0) is 13.1. The third kappa shape index (κ3) is 2.57. The van der Waals surface area contributed by atoms with Gasteiger partial charge in [0.25, 0.3) is 11.8 Å². The Balaban J connectivity index is 2.08. The van der Waals surface area contributed by atoms with Crippen LogP contribution in [0.2, 0.25) is 0 Å². The number of anilines is 1. The van der Waals surface area contributed by atoms with E-state index in [1.165, 1.54) is 5.38 Å². The first-order valence-corrected chi connectivity index (χ1v) is 6.13. The maximum absolute atomic E-state index is 11.8. The van der Waals surface area contributed by atoms with E-state index in [1.807, 2.05) is 6.92 Å². The van der Waals surface area contributed by atoms with Crippen LogP contribution in [0.5, 0.6) is 0 Å². The Bertz CT molecular complexity index is 588. The summed E-state index contributed by atoms with van der Waals surface area (Å²) in [4.78, 5) is 26.5. The number of rotatable bonds is 4. The monoisotopic (exact) mass is 265 g/mol. The lowest BCUT2D eigenvalue weighted by Crippen LogP contribution is -2.13. The van der Waals surface area contributed by atoms with Crippen LogP contribution in [0.1, 0.15) is 33.7 Å². The number of aromatic nitrogens is 1. The van der Waals surface area contributed by atoms with Crippen molar-refractivity contribution in [2.24, 2.45) is 5.73 Å². The lowest BCUT2D eigenvalue weighted by Gasteiger charge is -1.97. The molecule has 0 radical (unpaired) electrons. The molecule has 2 amide bonds. The predicted molar refractivity (Wildman–Crippen MR) is 66.7 cm³/mol. The molecule has 94 valence electrons. The highest BCUT2D eigenvalue weighted by atomic mass is 32.1. The Morgan fingerprint density at radius 2 is 2.28 bits per heavy atom. The summed E-state index contributed by atoms with van der Waals surface area (Å²) in [5.74, 6) is -0.0853. The molecule has 0 spiro atoms. The van der Waals surface area contributed by atoms with Gasteiger partial charge in [-0.05, 0) is 12.1 Å². The van der Waals surface area contributed by atoms with Gasteiger partial charge >= 0.3 is 0 Å². The normalized spacial score (nSPS) is 10.3. The maximum Gasteiger partial charge on any atom is 0.293 e. The van der Waals surface area contributed by atoms with E-state index >= 15 is 0 Å². The largest absolute Gasteiger partial charge is 0.456 e. The summed E-state index contributed by atoms with van der Waals surface area (Å²) in [7, 11) is 0. The van der Waals surface area contributed by atoms with Crippen molar-refractivity contribution in [1.29, 1.82) is 0 Å². The van der Waals surface area contributed by atoms with E-state index in [2.05, 4.69) is 10.3 Å². The van der Waals surface area contributed by atoms with Gasteiger partial charge in [0, 0.05) is 11.8 Å². The van der Waals surface area contributed by atoms with Crippen molar-refractivity contribution in [2.75, 3.05) is 5.32 Å². The van der Waals surface area contributed by atoms with Crippen LogP contribution >= 0.6 is 11.3 Å². The molecule has 0 aliphatic carbocycles. The third-order valence-corrected chi connectivity index (χ3v) is 2.97. The zero-order valence-corrected chi connectivity index (χ0v) is 10.4. The van der Waals surface area contributed by atoms with Crippen molar-refractivity contribution in [2.45, 2.75) is 13.3 Å². The molecule has 0 aliphatic heterocycles. The summed E-state index contributed by atoms with van der Waals surface area (Å²) < 4.78 is 5.29. The minimum Gasteiger partial charge on any atom is -0.456 e. The Hall–Kier alpha value is -2.15. The molecule has 0 saturated heterocycles. The zero-order valence-electron chi connectivity index (χ0n) is 9.60. The van der Waals surface area contributed by atoms with Crippen molar-refractivity contribution in [3.63, 3.8) is 0 Å². The number of hydrogen-bond donors (Lipinski definition) is 2. The van der Waals surface area contributed by atoms with E-state index in [-0.39, 0.29) is 11.5 Å². The summed E-state index contributed by atoms with van der Waals surface area (Å²) in [5, 5.41) is 4.33. The molecular formula is C11H11N3O3S. The number of amides is 2. The first-order valence-electron chi connectivity index (χ1n) is 5.25. The third-order valence-electron chi connectivity index (χ3n) is 2.21. The number of carbonyl (C=O) groups excluding carboxylic acids is 2. The van der Waals surface area contributed by atoms with Gasteiger partial charge in [0.1, 0.15) is 11.5 Å². The fraction of sp³-hybridized carbons (Fsp3) is 0.182. The van der Waals surface area contributed by atoms with Crippen LogP contribution in [0.4, 0.5) is 5.13 Å². The summed E-state index contributed by atoms with van der Waals surface area (Å²) in [5.41, 5.74) is 5.19. The van der Waals surface area contributed by atoms with Crippen LogP contribution in [0.25, 0.3) is 0 Å². The first-order chi connectivity index (χ1) is 8.60. The second-order valence-corrected chi connectivity index (χ2v) is 4.33. The van der Waals surface area contributed by atoms with E-state index in [0.29, 0.717) is 5.13 Å². The molecule has 0 aliphatic rings. The number of nitrogens with two attached hydrogens (primary N) is 1. The highest BCUT2D eigenvalue weighted by molar-refractivity contribution is 7.14. The standard InChI is InChI=1S/C11H11N3O3S/c1-2-6-3-4-8(17-6)10(16)14-11-13-7(5-18-11)9(12)15/h3-5H,2H2,1H3,(H2,12,15)(H,13,14,16). The second kappa shape index (κ2) is 5.01. The fourth-order valence-electron chi connectivity index (χ4n) is 1.29. The molecule has 7 heteroatoms. The smallest absolute Gasteiger partial charge is 0.293 e. The number of furan rings is 1. The Labute approximate surface area is 107 Å². The van der Waals surface area contributed by atoms with Gasteiger partial charge in [0.2, 0.25) is 0 Å². The van der Waals surface area contributed by atoms with Crippen LogP contribution in [-0.4, -0.2) is 16.8 Å². The van der Waals surface area contributed by atoms with Gasteiger partial charge in [-0.15, -0.1) is 11.3 Å². The van der Waals surface area contributed by atoms with E-state index < -0.39 is 11.8 Å². The summed E-state index contributed by atoms with van der Waals surface area (Å²) in [6.45, 7) is 1.93. The lowest BCUT2D eigenvalue weighted by atomic mass is 10.3. The lowest BCUT2D eigenvalue weighted by molar-refractivity contribution is 0.0985. The number of nitrogens with zero attached hydrogens (tertiary/aromatic N) is 1. The molecule has 3 N–H and O–H groups in total. The molecule has 0 fully saturated rings. The van der Waals surface area contributed by atoms with E-state index in [9.17, 15) is 9.59 Å². The first kappa shape index (κ1) is 12.3. The molecule has 0 unspecified atom stereocenters. The molecule has 2 aromatic heterocycles. The second-order valence-electron chi connectivity index (χ2n) is 3.48. The number of primary amides is 1. The van der Waals surface area contributed by atoms with Crippen molar-refractivity contribution < 1.29 is 14.0 Å². The number of thiazole rings is 1. The van der Waals surface area contributed by atoms with Gasteiger partial charge in [-0.2, -0.15) is 0 Å². The van der Waals surface area contributed by atoms with Crippen molar-refractivity contribution >= 4 is 28.3 Å². The molecule has 0 saturated carbocycles. The van der Waals surface area contributed by atoms with Gasteiger partial charge in [-0.25, -0.2) is 4.98 Å². The number of hydrogen-bond acceptors (Lipinski definition) is 5. The van der Waals surface area contributed by atoms with Crippen molar-refractivity contribution in [3.8, 4) is 0 Å². The highest BCUT2D eigenvalue weighted by Gasteiger charge is 2.14. The van der Waals surface area contributed by atoms with E-state index in [4.69, 9.17) is 10.2 Å². The van der Waals surface area contributed by atoms with E-state index in [0.717, 1.165) is 23.5 Å². The Morgan fingerprint density at radius 3 is 2.83 bits per heavy atom. The molecule has 6 nitrogen and oxygen atoms in total. The molecule has 18 heavy (non-hydrogen) atoms. The van der Waals surface area contributed by atoms with Gasteiger partial charge < -0.3 is 10.2 Å². The molecule has 2 rings (SSSR count). The van der Waals surface area contributed by atoms with E-state index in [1.54, 1.807) is 12.1 Å². The van der Waals surface area contributed by atoms with Gasteiger partial charge in [-0.1, -0.05) is 6.92 Å². The molecular weight excluding hydrogens is 254 g/mol. The molecule has 0 bridgehead atoms. The fourth-order valence-corrected chi connectivity index (χ4v) is 1.99. The maximum atomic E-state index is 11.8. The Kier molecular flexibility index (Phi) is 3.42. The SMILES string of the molecule is CCc1ccc(C(=O)Nc2nc(C(N)=O)cs2)o1. The number of nitrogens with one attached hydrogen (secondary N) is 1. The topological polar surface area (TPSA) is 98.2 Å². The van der Waals surface area contributed by atoms with Crippen LogP contribution < -0.4 is 11.1 Å². The number of aryl methyl sites for hydroxylation is 1. The quantitative estimate of drug-likeness (QED) is 0.878. The predicted octanol–water partition coefficient (Wildman–Crippen LogP) is 1.65. The molecule has 0 atom stereocenters. The molecule has 2 heterocycles. The Morgan fingerprint density at radius 1 is 1.50 bits per heavy atom. The minimum atomic E-state index is -0.627. The van der Waals surface area contributed by atoms with Gasteiger partial charge in [-0.3, -0.25) is 14.9 Å². The molecule has 0 aromatic carbocycles. The average Bonchev–Trinajstić information content (AvgIpc) is 2.96. The van der Waals surface area contributed by atoms with Crippen LogP contribution in [0, 0.1) is 0 Å². The minimum absolute atomic E-state index is 0.129. The highest BCUT2D eigenvalue weighted by Crippen LogP contribution is 2.17. The summed E-state index contributed by atoms with van der Waals surface area (Å²) in [6.07, 6.45) is 0.719.